The van der Waals surface area contributed by atoms with Crippen LogP contribution >= 0.6 is 0 Å². The highest BCUT2D eigenvalue weighted by Crippen LogP contribution is 2.33. The number of aliphatic hydroxyl groups is 1. The molecular formula is C18H25N3O2. The molecule has 0 radical (unpaired) electrons. The van der Waals surface area contributed by atoms with Gasteiger partial charge in [-0.15, -0.1) is 0 Å². The zero-order valence-corrected chi connectivity index (χ0v) is 13.7. The number of para-hydroxylation sites is 2. The van der Waals surface area contributed by atoms with Gasteiger partial charge in [0, 0.05) is 12.0 Å². The first-order valence-corrected chi connectivity index (χ1v) is 8.54. The molecular weight excluding hydrogens is 290 g/mol. The Hall–Kier alpha value is -1.88. The second-order valence-electron chi connectivity index (χ2n) is 6.53. The largest absolute Gasteiger partial charge is 0.394 e. The molecule has 1 atom stereocenters. The number of carbonyl (C=O) groups excluding carboxylic acids is 1. The van der Waals surface area contributed by atoms with Gasteiger partial charge >= 0.3 is 0 Å². The van der Waals surface area contributed by atoms with Gasteiger partial charge in [-0.05, 0) is 31.9 Å². The molecule has 0 bridgehead atoms. The number of fused-ring (bicyclic) bond motifs is 1. The van der Waals surface area contributed by atoms with Crippen LogP contribution in [0.1, 0.15) is 50.8 Å². The maximum Gasteiger partial charge on any atom is 0.240 e. The summed E-state index contributed by atoms with van der Waals surface area (Å²) in [6.07, 6.45) is 6.07. The third-order valence-corrected chi connectivity index (χ3v) is 4.64. The lowest BCUT2D eigenvalue weighted by molar-refractivity contribution is -0.122. The molecule has 0 spiro atoms. The van der Waals surface area contributed by atoms with Crippen molar-refractivity contribution in [3.8, 4) is 0 Å². The van der Waals surface area contributed by atoms with Crippen LogP contribution in [-0.2, 0) is 11.3 Å². The fourth-order valence-electron chi connectivity index (χ4n) is 3.44. The molecule has 1 fully saturated rings. The molecule has 1 aliphatic carbocycles. The molecule has 2 aromatic rings. The summed E-state index contributed by atoms with van der Waals surface area (Å²) in [5, 5.41) is 11.9. The zero-order valence-electron chi connectivity index (χ0n) is 13.7. The topological polar surface area (TPSA) is 67.2 Å². The molecule has 1 aromatic carbocycles. The summed E-state index contributed by atoms with van der Waals surface area (Å²) < 4.78 is 2.06. The van der Waals surface area contributed by atoms with E-state index in [0.717, 1.165) is 29.7 Å². The predicted molar refractivity (Wildman–Crippen MR) is 90.2 cm³/mol. The van der Waals surface area contributed by atoms with Gasteiger partial charge in [-0.3, -0.25) is 4.79 Å². The number of amides is 1. The summed E-state index contributed by atoms with van der Waals surface area (Å²) in [7, 11) is 0. The highest BCUT2D eigenvalue weighted by atomic mass is 16.3. The van der Waals surface area contributed by atoms with Crippen LogP contribution in [-0.4, -0.2) is 33.2 Å². The molecule has 0 aliphatic heterocycles. The van der Waals surface area contributed by atoms with Crippen LogP contribution < -0.4 is 5.32 Å². The van der Waals surface area contributed by atoms with Crippen LogP contribution in [0.25, 0.3) is 11.0 Å². The van der Waals surface area contributed by atoms with Crippen LogP contribution in [0, 0.1) is 0 Å². The molecule has 1 aromatic heterocycles. The lowest BCUT2D eigenvalue weighted by Gasteiger charge is -2.22. The van der Waals surface area contributed by atoms with Gasteiger partial charge in [0.25, 0.3) is 0 Å². The smallest absolute Gasteiger partial charge is 0.240 e. The van der Waals surface area contributed by atoms with E-state index in [1.807, 2.05) is 24.3 Å². The fourth-order valence-corrected chi connectivity index (χ4v) is 3.44. The van der Waals surface area contributed by atoms with Crippen molar-refractivity contribution < 1.29 is 9.90 Å². The lowest BCUT2D eigenvalue weighted by atomic mass is 9.88. The SMILES string of the molecule is CC(CO)NC(=O)Cn1c(C2CCCCC2)nc2ccccc21. The standard InChI is InChI=1S/C18H25N3O2/c1-13(12-22)19-17(23)11-21-16-10-6-5-9-15(16)20-18(21)14-7-3-2-4-8-14/h5-6,9-10,13-14,22H,2-4,7-8,11-12H2,1H3,(H,19,23). The number of benzene rings is 1. The first-order chi connectivity index (χ1) is 11.2. The molecule has 1 aliphatic rings. The Bertz CT molecular complexity index is 674. The van der Waals surface area contributed by atoms with Crippen molar-refractivity contribution in [1.82, 2.24) is 14.9 Å². The Kier molecular flexibility index (Phi) is 4.96. The van der Waals surface area contributed by atoms with Crippen LogP contribution in [0.5, 0.6) is 0 Å². The summed E-state index contributed by atoms with van der Waals surface area (Å²) in [5.74, 6) is 1.41. The average Bonchev–Trinajstić information content (AvgIpc) is 2.94. The number of aromatic nitrogens is 2. The normalized spacial score (nSPS) is 17.3. The van der Waals surface area contributed by atoms with Gasteiger partial charge < -0.3 is 15.0 Å². The lowest BCUT2D eigenvalue weighted by Crippen LogP contribution is -2.37. The fraction of sp³-hybridized carbons (Fsp3) is 0.556. The summed E-state index contributed by atoms with van der Waals surface area (Å²) >= 11 is 0. The number of rotatable bonds is 5. The Morgan fingerprint density at radius 1 is 1.35 bits per heavy atom. The van der Waals surface area contributed by atoms with E-state index in [1.54, 1.807) is 6.92 Å². The molecule has 3 rings (SSSR count). The van der Waals surface area contributed by atoms with E-state index in [4.69, 9.17) is 10.1 Å². The number of nitrogens with one attached hydrogen (secondary N) is 1. The van der Waals surface area contributed by atoms with E-state index >= 15 is 0 Å². The second kappa shape index (κ2) is 7.13. The molecule has 1 amide bonds. The van der Waals surface area contributed by atoms with Gasteiger partial charge in [0.15, 0.2) is 0 Å². The van der Waals surface area contributed by atoms with Crippen molar-refractivity contribution in [3.63, 3.8) is 0 Å². The van der Waals surface area contributed by atoms with E-state index in [1.165, 1.54) is 19.3 Å². The Morgan fingerprint density at radius 3 is 2.83 bits per heavy atom. The minimum absolute atomic E-state index is 0.0497. The number of hydrogen-bond donors (Lipinski definition) is 2. The molecule has 1 heterocycles. The highest BCUT2D eigenvalue weighted by Gasteiger charge is 2.23. The maximum absolute atomic E-state index is 12.3. The van der Waals surface area contributed by atoms with Gasteiger partial charge in [0.2, 0.25) is 5.91 Å². The first kappa shape index (κ1) is 16.0. The van der Waals surface area contributed by atoms with Crippen molar-refractivity contribution in [3.05, 3.63) is 30.1 Å². The van der Waals surface area contributed by atoms with Gasteiger partial charge in [-0.25, -0.2) is 4.98 Å². The number of hydrogen-bond acceptors (Lipinski definition) is 3. The molecule has 2 N–H and O–H groups in total. The maximum atomic E-state index is 12.3. The zero-order chi connectivity index (χ0) is 16.2. The van der Waals surface area contributed by atoms with Crippen molar-refractivity contribution in [2.24, 2.45) is 0 Å². The summed E-state index contributed by atoms with van der Waals surface area (Å²) in [6.45, 7) is 2.01. The Morgan fingerprint density at radius 2 is 2.09 bits per heavy atom. The average molecular weight is 315 g/mol. The number of carbonyl (C=O) groups is 1. The first-order valence-electron chi connectivity index (χ1n) is 8.54. The molecule has 5 nitrogen and oxygen atoms in total. The number of nitrogens with zero attached hydrogens (tertiary/aromatic N) is 2. The monoisotopic (exact) mass is 315 g/mol. The van der Waals surface area contributed by atoms with E-state index in [2.05, 4.69) is 9.88 Å². The van der Waals surface area contributed by atoms with E-state index in [0.29, 0.717) is 5.92 Å². The van der Waals surface area contributed by atoms with Crippen molar-refractivity contribution in [2.75, 3.05) is 6.61 Å². The van der Waals surface area contributed by atoms with Crippen molar-refractivity contribution >= 4 is 16.9 Å². The molecule has 5 heteroatoms. The molecule has 0 saturated heterocycles. The quantitative estimate of drug-likeness (QED) is 0.891. The summed E-state index contributed by atoms with van der Waals surface area (Å²) in [5.41, 5.74) is 1.97. The highest BCUT2D eigenvalue weighted by molar-refractivity contribution is 5.81. The molecule has 1 saturated carbocycles. The second-order valence-corrected chi connectivity index (χ2v) is 6.53. The van der Waals surface area contributed by atoms with Crippen LogP contribution in [0.15, 0.2) is 24.3 Å². The van der Waals surface area contributed by atoms with E-state index < -0.39 is 0 Å². The Labute approximate surface area is 136 Å². The van der Waals surface area contributed by atoms with E-state index in [-0.39, 0.29) is 25.1 Å². The third kappa shape index (κ3) is 3.55. The van der Waals surface area contributed by atoms with Crippen LogP contribution in [0.3, 0.4) is 0 Å². The van der Waals surface area contributed by atoms with Gasteiger partial charge in [0.05, 0.1) is 17.6 Å². The van der Waals surface area contributed by atoms with E-state index in [9.17, 15) is 4.79 Å². The third-order valence-electron chi connectivity index (χ3n) is 4.64. The molecule has 124 valence electrons. The number of imidazole rings is 1. The van der Waals surface area contributed by atoms with Crippen LogP contribution in [0.4, 0.5) is 0 Å². The van der Waals surface area contributed by atoms with Crippen molar-refractivity contribution in [2.45, 2.75) is 57.5 Å². The summed E-state index contributed by atoms with van der Waals surface area (Å²) in [4.78, 5) is 17.1. The minimum Gasteiger partial charge on any atom is -0.394 e. The van der Waals surface area contributed by atoms with Gasteiger partial charge in [-0.2, -0.15) is 0 Å². The van der Waals surface area contributed by atoms with Crippen LogP contribution in [0.2, 0.25) is 0 Å². The minimum atomic E-state index is -0.226. The summed E-state index contributed by atoms with van der Waals surface area (Å²) in [6, 6.07) is 7.77. The molecule has 23 heavy (non-hydrogen) atoms. The van der Waals surface area contributed by atoms with Gasteiger partial charge in [0.1, 0.15) is 12.4 Å². The van der Waals surface area contributed by atoms with Gasteiger partial charge in [-0.1, -0.05) is 31.4 Å². The van der Waals surface area contributed by atoms with Crippen molar-refractivity contribution in [1.29, 1.82) is 0 Å². The number of aliphatic hydroxyl groups excluding tert-OH is 1. The predicted octanol–water partition coefficient (Wildman–Crippen LogP) is 2.58. The Balaban J connectivity index is 1.91. The molecule has 1 unspecified atom stereocenters.